The molecule has 110 valence electrons. The number of likely N-dealkylation sites (tertiary alicyclic amines) is 1. The molecule has 0 amide bonds. The topological polar surface area (TPSA) is 49.8 Å². The summed E-state index contributed by atoms with van der Waals surface area (Å²) in [6.07, 6.45) is 0.539. The number of esters is 1. The van der Waals surface area contributed by atoms with Gasteiger partial charge in [-0.1, -0.05) is 6.07 Å². The average Bonchev–Trinajstić information content (AvgIpc) is 2.89. The van der Waals surface area contributed by atoms with Gasteiger partial charge in [-0.15, -0.1) is 0 Å². The van der Waals surface area contributed by atoms with Crippen LogP contribution in [0.1, 0.15) is 24.5 Å². The summed E-state index contributed by atoms with van der Waals surface area (Å²) >= 11 is 0. The molecule has 0 saturated carbocycles. The smallest absolute Gasteiger partial charge is 0.323 e. The fourth-order valence-electron chi connectivity index (χ4n) is 2.49. The molecular formula is C14H17F2NO3. The fraction of sp³-hybridized carbons (Fsp3) is 0.500. The number of rotatable bonds is 4. The van der Waals surface area contributed by atoms with Crippen molar-refractivity contribution in [1.29, 1.82) is 0 Å². The van der Waals surface area contributed by atoms with Crippen LogP contribution in [0.25, 0.3) is 0 Å². The predicted molar refractivity (Wildman–Crippen MR) is 67.9 cm³/mol. The van der Waals surface area contributed by atoms with Gasteiger partial charge in [-0.3, -0.25) is 9.69 Å². The minimum atomic E-state index is -0.993. The first kappa shape index (κ1) is 14.9. The summed E-state index contributed by atoms with van der Waals surface area (Å²) < 4.78 is 30.7. The summed E-state index contributed by atoms with van der Waals surface area (Å²) in [5.74, 6) is -2.28. The van der Waals surface area contributed by atoms with Gasteiger partial charge in [0, 0.05) is 6.54 Å². The van der Waals surface area contributed by atoms with Gasteiger partial charge in [-0.05, 0) is 37.1 Å². The number of hydrogen-bond acceptors (Lipinski definition) is 4. The van der Waals surface area contributed by atoms with Gasteiger partial charge in [0.15, 0.2) is 11.6 Å². The normalized spacial score (nSPS) is 20.9. The van der Waals surface area contributed by atoms with E-state index in [1.54, 1.807) is 4.90 Å². The van der Waals surface area contributed by atoms with Crippen molar-refractivity contribution < 1.29 is 23.4 Å². The zero-order chi connectivity index (χ0) is 14.7. The van der Waals surface area contributed by atoms with Crippen molar-refractivity contribution in [1.82, 2.24) is 4.90 Å². The van der Waals surface area contributed by atoms with Crippen LogP contribution in [0.3, 0.4) is 0 Å². The number of β-amino-alcohol motifs (C(OH)–C–C–N with tert-alkyl or cyclic N) is 1. The van der Waals surface area contributed by atoms with E-state index >= 15 is 0 Å². The molecule has 1 heterocycles. The van der Waals surface area contributed by atoms with Gasteiger partial charge in [-0.2, -0.15) is 0 Å². The van der Waals surface area contributed by atoms with E-state index in [-0.39, 0.29) is 18.6 Å². The van der Waals surface area contributed by atoms with Crippen molar-refractivity contribution in [2.45, 2.75) is 25.0 Å². The molecule has 1 aliphatic rings. The Balaban J connectivity index is 2.05. The molecule has 1 fully saturated rings. The second-order valence-corrected chi connectivity index (χ2v) is 4.87. The van der Waals surface area contributed by atoms with Gasteiger partial charge in [0.1, 0.15) is 6.04 Å². The number of methoxy groups -OCH3 is 1. The molecule has 1 aromatic rings. The zero-order valence-electron chi connectivity index (χ0n) is 11.2. The monoisotopic (exact) mass is 285 g/mol. The molecule has 2 unspecified atom stereocenters. The van der Waals surface area contributed by atoms with Gasteiger partial charge in [0.05, 0.1) is 13.2 Å². The van der Waals surface area contributed by atoms with Gasteiger partial charge in [0.25, 0.3) is 0 Å². The van der Waals surface area contributed by atoms with Crippen LogP contribution in [0.2, 0.25) is 0 Å². The molecular weight excluding hydrogens is 268 g/mol. The molecule has 0 aliphatic carbocycles. The summed E-state index contributed by atoms with van der Waals surface area (Å²) in [7, 11) is 1.32. The number of aliphatic hydroxyl groups excluding tert-OH is 1. The minimum absolute atomic E-state index is 0.185. The van der Waals surface area contributed by atoms with E-state index in [1.807, 2.05) is 0 Å². The van der Waals surface area contributed by atoms with Crippen molar-refractivity contribution in [3.63, 3.8) is 0 Å². The highest BCUT2D eigenvalue weighted by Gasteiger charge is 2.32. The number of hydrogen-bond donors (Lipinski definition) is 1. The lowest BCUT2D eigenvalue weighted by Gasteiger charge is -2.25. The number of benzene rings is 1. The van der Waals surface area contributed by atoms with E-state index in [2.05, 4.69) is 0 Å². The molecule has 0 radical (unpaired) electrons. The molecule has 1 saturated heterocycles. The quantitative estimate of drug-likeness (QED) is 0.854. The van der Waals surface area contributed by atoms with Crippen molar-refractivity contribution >= 4 is 5.97 Å². The molecule has 1 N–H and O–H groups in total. The van der Waals surface area contributed by atoms with E-state index in [4.69, 9.17) is 4.74 Å². The Kier molecular flexibility index (Phi) is 4.67. The second kappa shape index (κ2) is 6.28. The highest BCUT2D eigenvalue weighted by molar-refractivity contribution is 5.75. The molecule has 0 bridgehead atoms. The maximum Gasteiger partial charge on any atom is 0.323 e. The minimum Gasteiger partial charge on any atom is -0.468 e. The molecule has 1 aromatic carbocycles. The number of halogens is 2. The number of aliphatic hydroxyl groups is 1. The van der Waals surface area contributed by atoms with Gasteiger partial charge in [-0.25, -0.2) is 8.78 Å². The summed E-state index contributed by atoms with van der Waals surface area (Å²) in [6, 6.07) is 2.92. The highest BCUT2D eigenvalue weighted by atomic mass is 19.2. The Labute approximate surface area is 116 Å². The molecule has 0 aromatic heterocycles. The number of nitrogens with zero attached hydrogens (tertiary/aromatic N) is 1. The second-order valence-electron chi connectivity index (χ2n) is 4.87. The summed E-state index contributed by atoms with van der Waals surface area (Å²) in [6.45, 7) is 0.853. The third-order valence-corrected chi connectivity index (χ3v) is 3.57. The van der Waals surface area contributed by atoms with Crippen LogP contribution in [0.15, 0.2) is 18.2 Å². The molecule has 0 spiro atoms. The fourth-order valence-corrected chi connectivity index (χ4v) is 2.49. The van der Waals surface area contributed by atoms with Crippen LogP contribution in [0.4, 0.5) is 8.78 Å². The molecule has 20 heavy (non-hydrogen) atoms. The Morgan fingerprint density at radius 3 is 2.90 bits per heavy atom. The van der Waals surface area contributed by atoms with Crippen molar-refractivity contribution in [3.05, 3.63) is 35.4 Å². The third-order valence-electron chi connectivity index (χ3n) is 3.57. The van der Waals surface area contributed by atoms with E-state index in [0.717, 1.165) is 18.6 Å². The molecule has 4 nitrogen and oxygen atoms in total. The molecule has 2 atom stereocenters. The number of carbonyl (C=O) groups excluding carboxylic acids is 1. The van der Waals surface area contributed by atoms with E-state index < -0.39 is 17.7 Å². The van der Waals surface area contributed by atoms with Crippen molar-refractivity contribution in [2.24, 2.45) is 0 Å². The van der Waals surface area contributed by atoms with Crippen LogP contribution in [0.5, 0.6) is 0 Å². The lowest BCUT2D eigenvalue weighted by molar-refractivity contribution is -0.146. The van der Waals surface area contributed by atoms with Gasteiger partial charge >= 0.3 is 5.97 Å². The Bertz CT molecular complexity index is 495. The van der Waals surface area contributed by atoms with Crippen molar-refractivity contribution in [2.75, 3.05) is 20.2 Å². The van der Waals surface area contributed by atoms with Crippen LogP contribution in [-0.4, -0.2) is 42.2 Å². The molecule has 6 heteroatoms. The highest BCUT2D eigenvalue weighted by Crippen LogP contribution is 2.23. The van der Waals surface area contributed by atoms with Crippen LogP contribution >= 0.6 is 0 Å². The number of carbonyl (C=O) groups is 1. The van der Waals surface area contributed by atoms with Gasteiger partial charge < -0.3 is 9.84 Å². The van der Waals surface area contributed by atoms with E-state index in [1.165, 1.54) is 13.2 Å². The van der Waals surface area contributed by atoms with E-state index in [0.29, 0.717) is 18.5 Å². The van der Waals surface area contributed by atoms with Crippen LogP contribution in [0, 0.1) is 11.6 Å². The SMILES string of the molecule is COC(=O)C1CCCN1CC(O)c1ccc(F)c(F)c1. The Morgan fingerprint density at radius 2 is 2.25 bits per heavy atom. The van der Waals surface area contributed by atoms with Gasteiger partial charge in [0.2, 0.25) is 0 Å². The maximum atomic E-state index is 13.1. The van der Waals surface area contributed by atoms with Crippen molar-refractivity contribution in [3.8, 4) is 0 Å². The van der Waals surface area contributed by atoms with E-state index in [9.17, 15) is 18.7 Å². The lowest BCUT2D eigenvalue weighted by Crippen LogP contribution is -2.39. The standard InChI is InChI=1S/C14H17F2NO3/c1-20-14(19)12-3-2-6-17(12)8-13(18)9-4-5-10(15)11(16)7-9/h4-5,7,12-13,18H,2-3,6,8H2,1H3. The molecule has 1 aliphatic heterocycles. The van der Waals surface area contributed by atoms with Crippen LogP contribution < -0.4 is 0 Å². The summed E-state index contributed by atoms with van der Waals surface area (Å²) in [5, 5.41) is 10.1. The third kappa shape index (κ3) is 3.13. The lowest BCUT2D eigenvalue weighted by atomic mass is 10.1. The first-order valence-corrected chi connectivity index (χ1v) is 6.48. The molecule has 2 rings (SSSR count). The first-order valence-electron chi connectivity index (χ1n) is 6.48. The zero-order valence-corrected chi connectivity index (χ0v) is 11.2. The predicted octanol–water partition coefficient (Wildman–Crippen LogP) is 1.64. The average molecular weight is 285 g/mol. The Morgan fingerprint density at radius 1 is 1.50 bits per heavy atom. The maximum absolute atomic E-state index is 13.1. The summed E-state index contributed by atoms with van der Waals surface area (Å²) in [4.78, 5) is 13.4. The largest absolute Gasteiger partial charge is 0.468 e. The summed E-state index contributed by atoms with van der Waals surface area (Å²) in [5.41, 5.74) is 0.291. The Hall–Kier alpha value is -1.53. The number of ether oxygens (including phenoxy) is 1. The van der Waals surface area contributed by atoms with Crippen LogP contribution in [-0.2, 0) is 9.53 Å². The first-order chi connectivity index (χ1) is 9.52.